The molecular formula is C6H11BCl4N2. The molecule has 1 aromatic rings. The summed E-state index contributed by atoms with van der Waals surface area (Å²) in [5.41, 5.74) is 0. The molecule has 13 heavy (non-hydrogen) atoms. The largest absolute Gasteiger partial charge is 0.332 e. The average molecular weight is 264 g/mol. The lowest BCUT2D eigenvalue weighted by Gasteiger charge is -2.03. The van der Waals surface area contributed by atoms with Crippen LogP contribution in [0.4, 0.5) is 0 Å². The van der Waals surface area contributed by atoms with Crippen LogP contribution in [0.25, 0.3) is 0 Å². The number of aryl methyl sites for hydroxylation is 2. The van der Waals surface area contributed by atoms with Crippen LogP contribution in [0, 0.1) is 0 Å². The van der Waals surface area contributed by atoms with E-state index in [0.29, 0.717) is 0 Å². The minimum atomic E-state index is -2.11. The zero-order chi connectivity index (χ0) is 10.5. The first-order valence-electron chi connectivity index (χ1n) is 3.71. The summed E-state index contributed by atoms with van der Waals surface area (Å²) in [5.74, 6) is 0. The zero-order valence-corrected chi connectivity index (χ0v) is 10.4. The highest BCUT2D eigenvalue weighted by atomic mass is 35.6. The van der Waals surface area contributed by atoms with Crippen molar-refractivity contribution in [2.75, 3.05) is 0 Å². The molecule has 0 bridgehead atoms. The van der Waals surface area contributed by atoms with E-state index in [2.05, 4.69) is 24.0 Å². The minimum Gasteiger partial charge on any atom is -0.332 e. The first-order valence-corrected chi connectivity index (χ1v) is 5.46. The molecule has 0 aliphatic carbocycles. The molecule has 1 aromatic heterocycles. The summed E-state index contributed by atoms with van der Waals surface area (Å²) < 4.78 is 2.05. The molecule has 0 atom stereocenters. The summed E-state index contributed by atoms with van der Waals surface area (Å²) in [4.78, 5) is 0. The summed E-state index contributed by atoms with van der Waals surface area (Å²) in [6.07, 6.45) is 6.14. The molecule has 0 fully saturated rings. The Kier molecular flexibility index (Phi) is 6.22. The number of hydrogen-bond donors (Lipinski definition) is 0. The maximum Gasteiger partial charge on any atom is 0.328 e. The predicted octanol–water partition coefficient (Wildman–Crippen LogP) is 2.71. The molecule has 0 saturated carbocycles. The molecule has 1 rings (SSSR count). The lowest BCUT2D eigenvalue weighted by atomic mass is 10.7. The fourth-order valence-corrected chi connectivity index (χ4v) is 0.689. The Morgan fingerprint density at radius 1 is 1.31 bits per heavy atom. The highest BCUT2D eigenvalue weighted by molar-refractivity contribution is 7.81. The van der Waals surface area contributed by atoms with Gasteiger partial charge in [0.15, 0.2) is 0 Å². The van der Waals surface area contributed by atoms with Crippen LogP contribution in [0.2, 0.25) is 0 Å². The van der Waals surface area contributed by atoms with Crippen molar-refractivity contribution < 1.29 is 4.57 Å². The van der Waals surface area contributed by atoms with Crippen molar-refractivity contribution in [3.63, 3.8) is 0 Å². The zero-order valence-electron chi connectivity index (χ0n) is 7.42. The SMILES string of the molecule is CCn1cc[n+](C)c1.Cl[B-](Cl)(Cl)Cl. The van der Waals surface area contributed by atoms with Crippen molar-refractivity contribution in [2.24, 2.45) is 7.05 Å². The second-order valence-electron chi connectivity index (χ2n) is 2.40. The van der Waals surface area contributed by atoms with E-state index in [4.69, 9.17) is 45.8 Å². The van der Waals surface area contributed by atoms with E-state index in [-0.39, 0.29) is 0 Å². The molecule has 0 spiro atoms. The summed E-state index contributed by atoms with van der Waals surface area (Å²) in [6, 6.07) is 0. The van der Waals surface area contributed by atoms with Crippen LogP contribution >= 0.6 is 45.8 Å². The molecule has 7 heteroatoms. The Hall–Kier alpha value is 0.435. The van der Waals surface area contributed by atoms with Crippen LogP contribution in [0.3, 0.4) is 0 Å². The second kappa shape index (κ2) is 6.02. The van der Waals surface area contributed by atoms with Crippen molar-refractivity contribution in [3.8, 4) is 0 Å². The third-order valence-electron chi connectivity index (χ3n) is 1.19. The highest BCUT2D eigenvalue weighted by Gasteiger charge is 2.03. The maximum atomic E-state index is 4.89. The maximum absolute atomic E-state index is 4.89. The molecule has 0 aromatic carbocycles. The van der Waals surface area contributed by atoms with Crippen LogP contribution in [0.1, 0.15) is 6.92 Å². The van der Waals surface area contributed by atoms with Crippen LogP contribution in [0.5, 0.6) is 0 Å². The van der Waals surface area contributed by atoms with Crippen molar-refractivity contribution in [2.45, 2.75) is 13.5 Å². The van der Waals surface area contributed by atoms with Gasteiger partial charge < -0.3 is 45.8 Å². The van der Waals surface area contributed by atoms with Crippen molar-refractivity contribution in [1.29, 1.82) is 0 Å². The van der Waals surface area contributed by atoms with Crippen LogP contribution in [-0.4, -0.2) is 8.37 Å². The van der Waals surface area contributed by atoms with Gasteiger partial charge in [-0.05, 0) is 6.92 Å². The molecule has 0 aliphatic rings. The smallest absolute Gasteiger partial charge is 0.328 e. The summed E-state index contributed by atoms with van der Waals surface area (Å²) in [5, 5.41) is 0. The van der Waals surface area contributed by atoms with E-state index in [9.17, 15) is 0 Å². The van der Waals surface area contributed by atoms with Gasteiger partial charge >= 0.3 is 3.81 Å². The molecule has 2 nitrogen and oxygen atoms in total. The van der Waals surface area contributed by atoms with Gasteiger partial charge in [-0.25, -0.2) is 9.13 Å². The molecule has 1 heterocycles. The van der Waals surface area contributed by atoms with Gasteiger partial charge in [0, 0.05) is 0 Å². The van der Waals surface area contributed by atoms with E-state index in [0.717, 1.165) is 6.54 Å². The molecule has 0 radical (unpaired) electrons. The monoisotopic (exact) mass is 262 g/mol. The molecule has 0 saturated heterocycles. The second-order valence-corrected chi connectivity index (χ2v) is 6.36. The predicted molar refractivity (Wildman–Crippen MR) is 60.4 cm³/mol. The molecule has 0 unspecified atom stereocenters. The Bertz CT molecular complexity index is 239. The van der Waals surface area contributed by atoms with Gasteiger partial charge in [-0.2, -0.15) is 0 Å². The van der Waals surface area contributed by atoms with E-state index in [1.807, 2.05) is 17.8 Å². The fourth-order valence-electron chi connectivity index (χ4n) is 0.689. The van der Waals surface area contributed by atoms with Crippen LogP contribution < -0.4 is 4.57 Å². The van der Waals surface area contributed by atoms with E-state index in [1.54, 1.807) is 0 Å². The molecule has 76 valence electrons. The third kappa shape index (κ3) is 10.4. The van der Waals surface area contributed by atoms with Crippen molar-refractivity contribution >= 4 is 49.6 Å². The van der Waals surface area contributed by atoms with Gasteiger partial charge in [0.1, 0.15) is 12.4 Å². The topological polar surface area (TPSA) is 8.81 Å². The molecule has 0 N–H and O–H groups in total. The van der Waals surface area contributed by atoms with E-state index < -0.39 is 3.81 Å². The lowest BCUT2D eigenvalue weighted by Crippen LogP contribution is -2.23. The minimum absolute atomic E-state index is 1.06. The number of halogens is 4. The highest BCUT2D eigenvalue weighted by Crippen LogP contribution is 2.23. The lowest BCUT2D eigenvalue weighted by molar-refractivity contribution is -0.671. The molecule has 0 aliphatic heterocycles. The quantitative estimate of drug-likeness (QED) is 0.544. The average Bonchev–Trinajstić information content (AvgIpc) is 2.31. The van der Waals surface area contributed by atoms with Gasteiger partial charge in [0.2, 0.25) is 6.33 Å². The summed E-state index contributed by atoms with van der Waals surface area (Å²) in [6.45, 7) is 3.18. The van der Waals surface area contributed by atoms with E-state index >= 15 is 0 Å². The van der Waals surface area contributed by atoms with Crippen molar-refractivity contribution in [1.82, 2.24) is 4.57 Å². The third-order valence-corrected chi connectivity index (χ3v) is 1.19. The van der Waals surface area contributed by atoms with Crippen LogP contribution in [0.15, 0.2) is 18.7 Å². The Morgan fingerprint density at radius 2 is 1.77 bits per heavy atom. The number of imidazole rings is 1. The Labute approximate surface area is 97.9 Å². The van der Waals surface area contributed by atoms with Crippen molar-refractivity contribution in [3.05, 3.63) is 18.7 Å². The van der Waals surface area contributed by atoms with Gasteiger partial charge in [-0.3, -0.25) is 0 Å². The van der Waals surface area contributed by atoms with Crippen LogP contribution in [-0.2, 0) is 13.6 Å². The van der Waals surface area contributed by atoms with Gasteiger partial charge in [-0.15, -0.1) is 0 Å². The Balaban J connectivity index is 0.000000252. The number of aromatic nitrogens is 2. The molecule has 0 amide bonds. The summed E-state index contributed by atoms with van der Waals surface area (Å²) >= 11 is 19.6. The fraction of sp³-hybridized carbons (Fsp3) is 0.500. The number of hydrogen-bond acceptors (Lipinski definition) is 0. The van der Waals surface area contributed by atoms with Gasteiger partial charge in [0.05, 0.1) is 13.6 Å². The number of nitrogens with zero attached hydrogens (tertiary/aromatic N) is 2. The first kappa shape index (κ1) is 13.4. The molecular weight excluding hydrogens is 253 g/mol. The van der Waals surface area contributed by atoms with Gasteiger partial charge in [0.25, 0.3) is 0 Å². The van der Waals surface area contributed by atoms with Gasteiger partial charge in [-0.1, -0.05) is 0 Å². The standard InChI is InChI=1S/C6H11N2.BCl4/c1-3-8-5-4-7(2)6-8;2-1(3,4)5/h4-6H,3H2,1-2H3;/q+1;-1. The number of rotatable bonds is 1. The normalized spacial score (nSPS) is 10.6. The Morgan fingerprint density at radius 3 is 1.92 bits per heavy atom. The summed E-state index contributed by atoms with van der Waals surface area (Å²) in [7, 11) is 2.02. The van der Waals surface area contributed by atoms with E-state index in [1.165, 1.54) is 0 Å². The first-order chi connectivity index (χ1) is 5.83.